The molecule has 3 rings (SSSR count). The molecule has 0 radical (unpaired) electrons. The third-order valence-corrected chi connectivity index (χ3v) is 8.40. The van der Waals surface area contributed by atoms with E-state index in [1.165, 1.54) is 0 Å². The van der Waals surface area contributed by atoms with Crippen LogP contribution in [0.1, 0.15) is 51.4 Å². The fourth-order valence-electron chi connectivity index (χ4n) is 7.17. The number of rotatable bonds is 4. The number of carbonyl (C=O) groups excluding carboxylic acids is 6. The minimum absolute atomic E-state index is 0.0544. The number of esters is 4. The van der Waals surface area contributed by atoms with Crippen molar-refractivity contribution in [3.63, 3.8) is 0 Å². The first-order valence-electron chi connectivity index (χ1n) is 12.2. The molecule has 0 bridgehead atoms. The molecule has 3 aliphatic carbocycles. The van der Waals surface area contributed by atoms with Gasteiger partial charge >= 0.3 is 23.9 Å². The summed E-state index contributed by atoms with van der Waals surface area (Å²) in [6.07, 6.45) is 7.79. The van der Waals surface area contributed by atoms with Gasteiger partial charge in [-0.1, -0.05) is 25.0 Å². The molecule has 198 valence electrons. The summed E-state index contributed by atoms with van der Waals surface area (Å²) in [5.41, 5.74) is -3.44. The molecular formula is C26H34O10. The Hall–Kier alpha value is -3.04. The van der Waals surface area contributed by atoms with Gasteiger partial charge in [0.25, 0.3) is 0 Å². The van der Waals surface area contributed by atoms with Crippen molar-refractivity contribution in [1.82, 2.24) is 0 Å². The Bertz CT molecular complexity index is 836. The molecule has 10 nitrogen and oxygen atoms in total. The Kier molecular flexibility index (Phi) is 8.36. The van der Waals surface area contributed by atoms with Crippen molar-refractivity contribution in [2.24, 2.45) is 34.5 Å². The highest BCUT2D eigenvalue weighted by Gasteiger charge is 2.85. The Morgan fingerprint density at radius 1 is 0.583 bits per heavy atom. The zero-order valence-electron chi connectivity index (χ0n) is 21.2. The molecule has 0 aromatic rings. The van der Waals surface area contributed by atoms with E-state index in [-0.39, 0.29) is 12.8 Å². The van der Waals surface area contributed by atoms with E-state index in [0.29, 0.717) is 25.7 Å². The highest BCUT2D eigenvalue weighted by molar-refractivity contribution is 6.20. The van der Waals surface area contributed by atoms with Crippen LogP contribution < -0.4 is 0 Å². The van der Waals surface area contributed by atoms with Gasteiger partial charge in [0, 0.05) is 10.8 Å². The third kappa shape index (κ3) is 3.85. The molecule has 3 aliphatic rings. The molecule has 0 spiro atoms. The Morgan fingerprint density at radius 2 is 0.861 bits per heavy atom. The normalized spacial score (nSPS) is 35.3. The Morgan fingerprint density at radius 3 is 1.11 bits per heavy atom. The largest absolute Gasteiger partial charge is 0.468 e. The van der Waals surface area contributed by atoms with E-state index in [1.807, 2.05) is 0 Å². The van der Waals surface area contributed by atoms with Gasteiger partial charge in [0.1, 0.15) is 23.7 Å². The molecule has 0 N–H and O–H groups in total. The van der Waals surface area contributed by atoms with Gasteiger partial charge in [-0.05, 0) is 38.5 Å². The number of methoxy groups -OCH3 is 4. The lowest BCUT2D eigenvalue weighted by Crippen LogP contribution is -2.52. The molecule has 0 amide bonds. The van der Waals surface area contributed by atoms with Gasteiger partial charge in [0.15, 0.2) is 11.6 Å². The average molecular weight is 507 g/mol. The smallest absolute Gasteiger partial charge is 0.316 e. The van der Waals surface area contributed by atoms with Gasteiger partial charge in [0.2, 0.25) is 0 Å². The SMILES string of the molecule is COC(=O)[C@@H]1C(=O)[C@H](C(=O)OC)C23CCCC/C=C\CCCCC12[C@H](C(=O)OC)C(=O)[C@@H]3C(=O)OC. The van der Waals surface area contributed by atoms with Gasteiger partial charge < -0.3 is 18.9 Å². The van der Waals surface area contributed by atoms with Crippen molar-refractivity contribution in [2.45, 2.75) is 51.4 Å². The molecule has 0 aromatic heterocycles. The molecule has 0 saturated heterocycles. The second-order valence-corrected chi connectivity index (χ2v) is 9.67. The van der Waals surface area contributed by atoms with Crippen LogP contribution >= 0.6 is 0 Å². The van der Waals surface area contributed by atoms with E-state index in [4.69, 9.17) is 18.9 Å². The maximum absolute atomic E-state index is 14.0. The molecule has 2 saturated carbocycles. The second kappa shape index (κ2) is 10.9. The molecule has 0 heterocycles. The predicted molar refractivity (Wildman–Crippen MR) is 123 cm³/mol. The summed E-state index contributed by atoms with van der Waals surface area (Å²) in [7, 11) is 4.39. The first kappa shape index (κ1) is 27.5. The van der Waals surface area contributed by atoms with Gasteiger partial charge in [0.05, 0.1) is 28.4 Å². The lowest BCUT2D eigenvalue weighted by Gasteiger charge is -2.47. The maximum atomic E-state index is 14.0. The first-order valence-corrected chi connectivity index (χ1v) is 12.2. The molecule has 0 aromatic carbocycles. The minimum atomic E-state index is -1.72. The molecule has 4 atom stereocenters. The number of carbonyl (C=O) groups is 6. The van der Waals surface area contributed by atoms with Crippen LogP contribution in [0.15, 0.2) is 12.2 Å². The monoisotopic (exact) mass is 506 g/mol. The lowest BCUT2D eigenvalue weighted by molar-refractivity contribution is -0.170. The average Bonchev–Trinajstić information content (AvgIpc) is 3.20. The Balaban J connectivity index is 2.46. The van der Waals surface area contributed by atoms with Crippen LogP contribution in [0.25, 0.3) is 0 Å². The van der Waals surface area contributed by atoms with Gasteiger partial charge in [-0.15, -0.1) is 0 Å². The van der Waals surface area contributed by atoms with Crippen LogP contribution in [0.2, 0.25) is 0 Å². The van der Waals surface area contributed by atoms with Crippen molar-refractivity contribution in [3.8, 4) is 0 Å². The number of hydrogen-bond donors (Lipinski definition) is 0. The molecule has 0 aliphatic heterocycles. The highest BCUT2D eigenvalue weighted by Crippen LogP contribution is 2.74. The summed E-state index contributed by atoms with van der Waals surface area (Å²) in [6, 6.07) is 0. The van der Waals surface area contributed by atoms with Gasteiger partial charge in [-0.2, -0.15) is 0 Å². The van der Waals surface area contributed by atoms with Gasteiger partial charge in [-0.25, -0.2) is 0 Å². The molecule has 0 unspecified atom stereocenters. The summed E-state index contributed by atoms with van der Waals surface area (Å²) in [4.78, 5) is 81.1. The number of ether oxygens (including phenoxy) is 4. The van der Waals surface area contributed by atoms with Crippen LogP contribution in [-0.2, 0) is 47.7 Å². The van der Waals surface area contributed by atoms with Crippen molar-refractivity contribution in [1.29, 1.82) is 0 Å². The van der Waals surface area contributed by atoms with Crippen molar-refractivity contribution < 1.29 is 47.7 Å². The van der Waals surface area contributed by atoms with Crippen LogP contribution in [0, 0.1) is 34.5 Å². The zero-order valence-corrected chi connectivity index (χ0v) is 21.2. The molecule has 36 heavy (non-hydrogen) atoms. The predicted octanol–water partition coefficient (Wildman–Crippen LogP) is 1.97. The van der Waals surface area contributed by atoms with E-state index >= 15 is 0 Å². The fourth-order valence-corrected chi connectivity index (χ4v) is 7.17. The number of ketones is 2. The fraction of sp³-hybridized carbons (Fsp3) is 0.692. The summed E-state index contributed by atoms with van der Waals surface area (Å²) in [6.45, 7) is 0. The van der Waals surface area contributed by atoms with Crippen molar-refractivity contribution >= 4 is 35.4 Å². The Labute approximate surface area is 210 Å². The molecule has 2 fully saturated rings. The lowest BCUT2D eigenvalue weighted by atomic mass is 9.53. The molecular weight excluding hydrogens is 472 g/mol. The standard InChI is InChI=1S/C26H34O10/c1-33-21(29)15-19(27)16(22(30)34-2)26-14-12-10-8-6-5-7-9-11-13-25(15,26)17(23(31)35-3)20(28)18(26)24(32)36-4/h5-6,15-18H,7-14H2,1-4H3/b6-5-/t15-,16+,17-,18+,25?,26?. The number of Topliss-reactive ketones (excluding diaryl/α,β-unsaturated/α-hetero) is 2. The van der Waals surface area contributed by atoms with Crippen LogP contribution in [0.5, 0.6) is 0 Å². The van der Waals surface area contributed by atoms with E-state index < -0.39 is 69.9 Å². The maximum Gasteiger partial charge on any atom is 0.316 e. The minimum Gasteiger partial charge on any atom is -0.468 e. The summed E-state index contributed by atoms with van der Waals surface area (Å²) < 4.78 is 20.0. The first-order chi connectivity index (χ1) is 17.2. The van der Waals surface area contributed by atoms with Crippen LogP contribution in [0.3, 0.4) is 0 Å². The van der Waals surface area contributed by atoms with Crippen LogP contribution in [0.4, 0.5) is 0 Å². The topological polar surface area (TPSA) is 139 Å². The van der Waals surface area contributed by atoms with Crippen LogP contribution in [-0.4, -0.2) is 63.9 Å². The summed E-state index contributed by atoms with van der Waals surface area (Å²) in [5, 5.41) is 0. The summed E-state index contributed by atoms with van der Waals surface area (Å²) >= 11 is 0. The third-order valence-electron chi connectivity index (χ3n) is 8.40. The summed E-state index contributed by atoms with van der Waals surface area (Å²) in [5.74, 6) is -12.0. The zero-order chi connectivity index (χ0) is 26.7. The van der Waals surface area contributed by atoms with Crippen molar-refractivity contribution in [3.05, 3.63) is 12.2 Å². The van der Waals surface area contributed by atoms with E-state index in [9.17, 15) is 28.8 Å². The molecule has 10 heteroatoms. The van der Waals surface area contributed by atoms with E-state index in [2.05, 4.69) is 12.2 Å². The van der Waals surface area contributed by atoms with Crippen molar-refractivity contribution in [2.75, 3.05) is 28.4 Å². The number of hydrogen-bond acceptors (Lipinski definition) is 10. The second-order valence-electron chi connectivity index (χ2n) is 9.67. The number of allylic oxidation sites excluding steroid dienone is 2. The van der Waals surface area contributed by atoms with E-state index in [0.717, 1.165) is 41.3 Å². The quantitative estimate of drug-likeness (QED) is 0.241. The highest BCUT2D eigenvalue weighted by atomic mass is 16.5. The van der Waals surface area contributed by atoms with E-state index in [1.54, 1.807) is 0 Å². The van der Waals surface area contributed by atoms with Gasteiger partial charge in [-0.3, -0.25) is 28.8 Å².